The van der Waals surface area contributed by atoms with Crippen molar-refractivity contribution in [1.29, 1.82) is 0 Å². The van der Waals surface area contributed by atoms with Crippen LogP contribution >= 0.6 is 11.6 Å². The number of imidazole rings is 1. The Bertz CT molecular complexity index is 1180. The second-order valence-corrected chi connectivity index (χ2v) is 6.48. The fraction of sp³-hybridized carbons (Fsp3) is 0.0870. The lowest BCUT2D eigenvalue weighted by molar-refractivity contribution is 0.0998. The Hall–Kier alpha value is -3.44. The van der Waals surface area contributed by atoms with Gasteiger partial charge in [-0.1, -0.05) is 61.8 Å². The minimum Gasteiger partial charge on any atom is -0.366 e. The Balaban J connectivity index is 0.00000117. The highest BCUT2D eigenvalue weighted by Crippen LogP contribution is 2.24. The van der Waals surface area contributed by atoms with E-state index in [1.165, 1.54) is 0 Å². The third-order valence-electron chi connectivity index (χ3n) is 4.31. The summed E-state index contributed by atoms with van der Waals surface area (Å²) in [6, 6.07) is 19.1. The van der Waals surface area contributed by atoms with Crippen molar-refractivity contribution in [3.63, 3.8) is 0 Å². The van der Waals surface area contributed by atoms with E-state index in [4.69, 9.17) is 17.3 Å². The lowest BCUT2D eigenvalue weighted by Gasteiger charge is -2.04. The van der Waals surface area contributed by atoms with Crippen molar-refractivity contribution in [3.8, 4) is 11.4 Å². The van der Waals surface area contributed by atoms with E-state index in [-0.39, 0.29) is 5.78 Å². The molecule has 4 rings (SSSR count). The number of rotatable bonds is 4. The number of carbonyl (C=O) groups excluding carboxylic acids is 2. The number of primary amides is 1. The molecule has 0 atom stereocenters. The van der Waals surface area contributed by atoms with E-state index in [0.717, 1.165) is 16.6 Å². The monoisotopic (exact) mass is 405 g/mol. The van der Waals surface area contributed by atoms with Crippen LogP contribution in [-0.2, 0) is 0 Å². The van der Waals surface area contributed by atoms with Crippen LogP contribution < -0.4 is 5.73 Å². The first-order valence-electron chi connectivity index (χ1n) is 9.22. The lowest BCUT2D eigenvalue weighted by atomic mass is 10.0. The van der Waals surface area contributed by atoms with Crippen LogP contribution in [0.1, 0.15) is 40.1 Å². The second kappa shape index (κ2) is 8.71. The van der Waals surface area contributed by atoms with E-state index in [1.54, 1.807) is 54.6 Å². The first-order valence-corrected chi connectivity index (χ1v) is 9.60. The Morgan fingerprint density at radius 2 is 1.59 bits per heavy atom. The zero-order valence-corrected chi connectivity index (χ0v) is 16.8. The van der Waals surface area contributed by atoms with Gasteiger partial charge in [0.15, 0.2) is 5.78 Å². The van der Waals surface area contributed by atoms with Crippen LogP contribution in [0.5, 0.6) is 0 Å². The van der Waals surface area contributed by atoms with Crippen LogP contribution in [0.2, 0.25) is 5.02 Å². The number of carbonyl (C=O) groups is 2. The van der Waals surface area contributed by atoms with Crippen LogP contribution in [0, 0.1) is 0 Å². The van der Waals surface area contributed by atoms with Crippen molar-refractivity contribution >= 4 is 34.3 Å². The van der Waals surface area contributed by atoms with Crippen LogP contribution in [0.25, 0.3) is 22.4 Å². The van der Waals surface area contributed by atoms with Gasteiger partial charge in [0.05, 0.1) is 16.1 Å². The minimum atomic E-state index is -0.490. The summed E-state index contributed by atoms with van der Waals surface area (Å²) < 4.78 is 0. The number of aromatic amines is 1. The highest BCUT2D eigenvalue weighted by molar-refractivity contribution is 6.35. The van der Waals surface area contributed by atoms with Crippen LogP contribution in [-0.4, -0.2) is 21.7 Å². The maximum Gasteiger partial charge on any atom is 0.248 e. The number of nitrogens with one attached hydrogen (secondary N) is 1. The number of benzene rings is 3. The van der Waals surface area contributed by atoms with Gasteiger partial charge in [0, 0.05) is 22.3 Å². The van der Waals surface area contributed by atoms with Gasteiger partial charge in [0.25, 0.3) is 0 Å². The second-order valence-electron chi connectivity index (χ2n) is 6.07. The molecule has 29 heavy (non-hydrogen) atoms. The predicted molar refractivity (Wildman–Crippen MR) is 116 cm³/mol. The first kappa shape index (κ1) is 20.3. The van der Waals surface area contributed by atoms with Gasteiger partial charge >= 0.3 is 0 Å². The molecular formula is C23H20ClN3O2. The molecule has 0 fully saturated rings. The van der Waals surface area contributed by atoms with Crippen molar-refractivity contribution < 1.29 is 9.59 Å². The van der Waals surface area contributed by atoms with E-state index >= 15 is 0 Å². The van der Waals surface area contributed by atoms with Crippen molar-refractivity contribution in [3.05, 3.63) is 88.4 Å². The molecule has 1 amide bonds. The Morgan fingerprint density at radius 1 is 0.931 bits per heavy atom. The summed E-state index contributed by atoms with van der Waals surface area (Å²) >= 11 is 6.11. The van der Waals surface area contributed by atoms with Gasteiger partial charge in [-0.15, -0.1) is 0 Å². The number of hydrogen-bond donors (Lipinski definition) is 2. The summed E-state index contributed by atoms with van der Waals surface area (Å²) in [7, 11) is 0. The number of halogens is 1. The highest BCUT2D eigenvalue weighted by Gasteiger charge is 2.13. The number of nitrogens with zero attached hydrogens (tertiary/aromatic N) is 1. The van der Waals surface area contributed by atoms with Crippen molar-refractivity contribution in [2.24, 2.45) is 5.73 Å². The Kier molecular flexibility index (Phi) is 6.10. The number of H-pyrrole nitrogens is 1. The summed E-state index contributed by atoms with van der Waals surface area (Å²) in [4.78, 5) is 31.6. The Labute approximate surface area is 173 Å². The number of amides is 1. The Morgan fingerprint density at radius 3 is 2.24 bits per heavy atom. The molecule has 0 saturated heterocycles. The fourth-order valence-corrected chi connectivity index (χ4v) is 3.10. The summed E-state index contributed by atoms with van der Waals surface area (Å²) in [5, 5.41) is 0.425. The van der Waals surface area contributed by atoms with Gasteiger partial charge < -0.3 is 10.7 Å². The smallest absolute Gasteiger partial charge is 0.248 e. The zero-order valence-electron chi connectivity index (χ0n) is 16.1. The first-order chi connectivity index (χ1) is 14.0. The third kappa shape index (κ3) is 4.20. The quantitative estimate of drug-likeness (QED) is 0.455. The van der Waals surface area contributed by atoms with Gasteiger partial charge in [0.1, 0.15) is 5.82 Å². The molecule has 5 nitrogen and oxygen atoms in total. The molecule has 4 aromatic rings. The third-order valence-corrected chi connectivity index (χ3v) is 4.63. The summed E-state index contributed by atoms with van der Waals surface area (Å²) in [6.45, 7) is 4.00. The highest BCUT2D eigenvalue weighted by atomic mass is 35.5. The molecule has 3 aromatic carbocycles. The molecule has 3 N–H and O–H groups in total. The zero-order chi connectivity index (χ0) is 21.0. The molecule has 0 aliphatic rings. The van der Waals surface area contributed by atoms with Crippen molar-refractivity contribution in [2.75, 3.05) is 0 Å². The number of fused-ring (bicyclic) bond motifs is 1. The number of aromatic nitrogens is 2. The van der Waals surface area contributed by atoms with Gasteiger partial charge in [-0.2, -0.15) is 0 Å². The molecule has 0 bridgehead atoms. The van der Waals surface area contributed by atoms with Crippen LogP contribution in [0.15, 0.2) is 66.7 Å². The van der Waals surface area contributed by atoms with Gasteiger partial charge in [-0.3, -0.25) is 9.59 Å². The minimum absolute atomic E-state index is 0.136. The van der Waals surface area contributed by atoms with E-state index in [9.17, 15) is 9.59 Å². The van der Waals surface area contributed by atoms with E-state index < -0.39 is 5.91 Å². The normalized spacial score (nSPS) is 10.3. The van der Waals surface area contributed by atoms with E-state index in [0.29, 0.717) is 27.5 Å². The number of nitrogens with two attached hydrogens (primary N) is 1. The van der Waals surface area contributed by atoms with Crippen molar-refractivity contribution in [2.45, 2.75) is 13.8 Å². The maximum atomic E-state index is 12.6. The fourth-order valence-electron chi connectivity index (χ4n) is 2.88. The summed E-state index contributed by atoms with van der Waals surface area (Å²) in [5.74, 6) is 0.0155. The molecule has 0 aliphatic heterocycles. The summed E-state index contributed by atoms with van der Waals surface area (Å²) in [6.07, 6.45) is 0. The van der Waals surface area contributed by atoms with Crippen LogP contribution in [0.3, 0.4) is 0 Å². The number of ketones is 1. The topological polar surface area (TPSA) is 88.8 Å². The van der Waals surface area contributed by atoms with E-state index in [2.05, 4.69) is 9.97 Å². The average molecular weight is 406 g/mol. The van der Waals surface area contributed by atoms with E-state index in [1.807, 2.05) is 26.0 Å². The molecule has 0 unspecified atom stereocenters. The maximum absolute atomic E-state index is 12.6. The molecule has 0 radical (unpaired) electrons. The molecule has 146 valence electrons. The molecule has 1 heterocycles. The van der Waals surface area contributed by atoms with Gasteiger partial charge in [-0.25, -0.2) is 4.98 Å². The molecule has 0 aliphatic carbocycles. The van der Waals surface area contributed by atoms with Crippen molar-refractivity contribution in [1.82, 2.24) is 9.97 Å². The standard InChI is InChI=1S/C21H14ClN3O2.C2H6/c22-16-4-2-1-3-15(16)19(26)12-5-7-13(8-6-12)21-24-17-10-9-14(20(23)27)11-18(17)25-21;1-2/h1-11H,(H2,23,27)(H,24,25);1-2H3. The SMILES string of the molecule is CC.NC(=O)c1ccc2nc(-c3ccc(C(=O)c4ccccc4Cl)cc3)[nH]c2c1. The lowest BCUT2D eigenvalue weighted by Crippen LogP contribution is -2.10. The molecule has 0 saturated carbocycles. The van der Waals surface area contributed by atoms with Gasteiger partial charge in [-0.05, 0) is 30.3 Å². The largest absolute Gasteiger partial charge is 0.366 e. The van der Waals surface area contributed by atoms with Crippen LogP contribution in [0.4, 0.5) is 0 Å². The average Bonchev–Trinajstić information content (AvgIpc) is 3.18. The number of hydrogen-bond acceptors (Lipinski definition) is 3. The summed E-state index contributed by atoms with van der Waals surface area (Å²) in [5.41, 5.74) is 9.00. The molecule has 0 spiro atoms. The van der Waals surface area contributed by atoms with Gasteiger partial charge in [0.2, 0.25) is 5.91 Å². The predicted octanol–water partition coefficient (Wildman–Crippen LogP) is 5.24. The molecule has 6 heteroatoms. The molecule has 1 aromatic heterocycles. The molecular weight excluding hydrogens is 386 g/mol.